The van der Waals surface area contributed by atoms with E-state index in [-0.39, 0.29) is 6.04 Å². The quantitative estimate of drug-likeness (QED) is 0.476. The van der Waals surface area contributed by atoms with E-state index in [1.807, 2.05) is 16.7 Å². The van der Waals surface area contributed by atoms with Crippen LogP contribution in [0.1, 0.15) is 24.8 Å². The van der Waals surface area contributed by atoms with Gasteiger partial charge in [-0.3, -0.25) is 0 Å². The molecule has 1 aliphatic rings. The highest BCUT2D eigenvalue weighted by atomic mass is 32.1. The Morgan fingerprint density at radius 1 is 1.17 bits per heavy atom. The Hall–Kier alpha value is -2.62. The second-order valence-corrected chi connectivity index (χ2v) is 8.46. The van der Waals surface area contributed by atoms with Crippen molar-refractivity contribution in [1.82, 2.24) is 19.5 Å². The van der Waals surface area contributed by atoms with Crippen LogP contribution in [0.3, 0.4) is 0 Å². The van der Waals surface area contributed by atoms with Gasteiger partial charge in [0.1, 0.15) is 11.3 Å². The number of nitrogens with one attached hydrogen (secondary N) is 1. The van der Waals surface area contributed by atoms with Gasteiger partial charge in [0, 0.05) is 6.07 Å². The molecule has 0 bridgehead atoms. The van der Waals surface area contributed by atoms with Gasteiger partial charge >= 0.3 is 0 Å². The van der Waals surface area contributed by atoms with Crippen LogP contribution in [0.2, 0.25) is 0 Å². The number of fused-ring (bicyclic) bond motifs is 2. The van der Waals surface area contributed by atoms with E-state index in [0.717, 1.165) is 33.8 Å². The smallest absolute Gasteiger partial charge is 0.184 e. The first kappa shape index (κ1) is 18.4. The van der Waals surface area contributed by atoms with Gasteiger partial charge in [-0.15, -0.1) is 0 Å². The number of aromatic nitrogens is 4. The highest BCUT2D eigenvalue weighted by Crippen LogP contribution is 2.30. The van der Waals surface area contributed by atoms with Crippen molar-refractivity contribution in [3.05, 3.63) is 48.2 Å². The fourth-order valence-corrected chi connectivity index (χ4v) is 4.83. The predicted octanol–water partition coefficient (Wildman–Crippen LogP) is 2.91. The van der Waals surface area contributed by atoms with Gasteiger partial charge < -0.3 is 20.1 Å². The van der Waals surface area contributed by atoms with Crippen LogP contribution in [-0.4, -0.2) is 48.0 Å². The zero-order chi connectivity index (χ0) is 20.0. The number of anilines is 1. The van der Waals surface area contributed by atoms with Crippen LogP contribution in [-0.2, 0) is 6.54 Å². The summed E-state index contributed by atoms with van der Waals surface area (Å²) in [5.41, 5.74) is 3.11. The molecule has 3 atom stereocenters. The molecule has 150 valence electrons. The van der Waals surface area contributed by atoms with Crippen molar-refractivity contribution in [2.24, 2.45) is 0 Å². The summed E-state index contributed by atoms with van der Waals surface area (Å²) in [5.74, 6) is -0.399. The Bertz CT molecular complexity index is 1180. The highest BCUT2D eigenvalue weighted by molar-refractivity contribution is 7.22. The van der Waals surface area contributed by atoms with Crippen molar-refractivity contribution in [3.8, 4) is 0 Å². The number of aliphatic hydroxyl groups is 2. The fraction of sp³-hybridized carbons (Fsp3) is 0.350. The molecule has 1 saturated carbocycles. The molecule has 9 heteroatoms. The van der Waals surface area contributed by atoms with Gasteiger partial charge in [0.05, 0.1) is 47.5 Å². The molecule has 7 nitrogen and oxygen atoms in total. The van der Waals surface area contributed by atoms with E-state index >= 15 is 0 Å². The maximum Gasteiger partial charge on any atom is 0.184 e. The topological polar surface area (TPSA) is 96.1 Å². The minimum Gasteiger partial charge on any atom is -0.390 e. The zero-order valence-electron chi connectivity index (χ0n) is 15.5. The lowest BCUT2D eigenvalue weighted by Gasteiger charge is -2.32. The van der Waals surface area contributed by atoms with Gasteiger partial charge in [0.15, 0.2) is 10.8 Å². The highest BCUT2D eigenvalue weighted by Gasteiger charge is 2.30. The second kappa shape index (κ2) is 7.33. The number of benzene rings is 1. The summed E-state index contributed by atoms with van der Waals surface area (Å²) in [6, 6.07) is 7.22. The Morgan fingerprint density at radius 3 is 2.97 bits per heavy atom. The first-order valence-corrected chi connectivity index (χ1v) is 10.4. The zero-order valence-corrected chi connectivity index (χ0v) is 16.3. The maximum absolute atomic E-state index is 13.3. The lowest BCUT2D eigenvalue weighted by Crippen LogP contribution is -2.45. The summed E-state index contributed by atoms with van der Waals surface area (Å²) in [6.45, 7) is 0.569. The van der Waals surface area contributed by atoms with Crippen LogP contribution in [0.15, 0.2) is 36.8 Å². The Morgan fingerprint density at radius 2 is 2.07 bits per heavy atom. The normalized spacial score (nSPS) is 22.4. The van der Waals surface area contributed by atoms with Crippen molar-refractivity contribution in [1.29, 1.82) is 0 Å². The summed E-state index contributed by atoms with van der Waals surface area (Å²) in [5, 5.41) is 24.1. The van der Waals surface area contributed by atoms with Crippen molar-refractivity contribution in [2.75, 3.05) is 5.32 Å². The van der Waals surface area contributed by atoms with E-state index in [1.165, 1.54) is 23.6 Å². The molecule has 3 aromatic heterocycles. The number of thiazole rings is 1. The van der Waals surface area contributed by atoms with Gasteiger partial charge in [0.25, 0.3) is 0 Å². The number of halogens is 1. The Balaban J connectivity index is 1.37. The third-order valence-corrected chi connectivity index (χ3v) is 6.31. The summed E-state index contributed by atoms with van der Waals surface area (Å²) in [7, 11) is 0. The summed E-state index contributed by atoms with van der Waals surface area (Å²) in [4.78, 5) is 13.0. The molecule has 0 spiro atoms. The number of hydrogen-bond acceptors (Lipinski definition) is 7. The van der Waals surface area contributed by atoms with Crippen LogP contribution in [0.25, 0.3) is 21.4 Å². The van der Waals surface area contributed by atoms with E-state index in [0.29, 0.717) is 24.1 Å². The van der Waals surface area contributed by atoms with Gasteiger partial charge in [-0.25, -0.2) is 19.3 Å². The number of aliphatic hydroxyl groups excluding tert-OH is 2. The molecular weight excluding hydrogens is 393 g/mol. The Labute approximate surface area is 169 Å². The van der Waals surface area contributed by atoms with Gasteiger partial charge in [-0.1, -0.05) is 17.4 Å². The molecule has 0 radical (unpaired) electrons. The molecule has 4 aromatic rings. The van der Waals surface area contributed by atoms with Crippen molar-refractivity contribution in [2.45, 2.75) is 44.1 Å². The van der Waals surface area contributed by atoms with Crippen molar-refractivity contribution in [3.63, 3.8) is 0 Å². The van der Waals surface area contributed by atoms with Gasteiger partial charge in [-0.05, 0) is 37.0 Å². The molecule has 0 amide bonds. The molecule has 1 unspecified atom stereocenters. The summed E-state index contributed by atoms with van der Waals surface area (Å²) >= 11 is 1.52. The average molecular weight is 413 g/mol. The molecule has 1 aromatic carbocycles. The minimum atomic E-state index is -0.779. The van der Waals surface area contributed by atoms with Gasteiger partial charge in [0.2, 0.25) is 0 Å². The molecule has 5 rings (SSSR count). The molecule has 0 saturated heterocycles. The first-order chi connectivity index (χ1) is 14.1. The van der Waals surface area contributed by atoms with Crippen molar-refractivity contribution >= 4 is 37.8 Å². The fourth-order valence-electron chi connectivity index (χ4n) is 3.84. The van der Waals surface area contributed by atoms with Crippen LogP contribution < -0.4 is 5.32 Å². The molecule has 29 heavy (non-hydrogen) atoms. The summed E-state index contributed by atoms with van der Waals surface area (Å²) < 4.78 is 16.2. The number of hydrogen-bond donors (Lipinski definition) is 3. The largest absolute Gasteiger partial charge is 0.390 e. The van der Waals surface area contributed by atoms with Gasteiger partial charge in [-0.2, -0.15) is 0 Å². The van der Waals surface area contributed by atoms with Crippen LogP contribution in [0.4, 0.5) is 9.52 Å². The maximum atomic E-state index is 13.3. The van der Waals surface area contributed by atoms with Crippen LogP contribution >= 0.6 is 11.3 Å². The van der Waals surface area contributed by atoms with E-state index in [9.17, 15) is 14.6 Å². The molecule has 3 N–H and O–H groups in total. The van der Waals surface area contributed by atoms with E-state index in [2.05, 4.69) is 26.3 Å². The number of nitrogens with zero attached hydrogens (tertiary/aromatic N) is 4. The van der Waals surface area contributed by atoms with E-state index in [4.69, 9.17) is 0 Å². The third kappa shape index (κ3) is 3.57. The molecular formula is C20H20FN5O2S. The van der Waals surface area contributed by atoms with Crippen LogP contribution in [0.5, 0.6) is 0 Å². The molecule has 0 aliphatic heterocycles. The second-order valence-electron chi connectivity index (χ2n) is 7.43. The molecule has 1 fully saturated rings. The van der Waals surface area contributed by atoms with Crippen LogP contribution in [0, 0.1) is 5.82 Å². The standard InChI is InChI=1S/C20H20FN5O2S/c21-12-7-15-19(22-8-12)26(10-23-15)9-11-4-5-13-17(6-11)29-20(24-13)25-14-2-1-3-16(27)18(14)28/h4-8,10,14,16,18,27-28H,1-3,9H2,(H,24,25)/t14-,16?,18-/m1/s1. The van der Waals surface area contributed by atoms with E-state index < -0.39 is 18.0 Å². The number of imidazole rings is 1. The van der Waals surface area contributed by atoms with E-state index in [1.54, 1.807) is 6.33 Å². The SMILES string of the molecule is OC1CCC[C@@H](Nc2nc3ccc(Cn4cnc5cc(F)cnc54)cc3s2)[C@H]1O. The summed E-state index contributed by atoms with van der Waals surface area (Å²) in [6.07, 6.45) is 3.71. The molecule has 1 aliphatic carbocycles. The first-order valence-electron chi connectivity index (χ1n) is 9.55. The van der Waals surface area contributed by atoms with Crippen molar-refractivity contribution < 1.29 is 14.6 Å². The number of rotatable bonds is 4. The predicted molar refractivity (Wildman–Crippen MR) is 109 cm³/mol. The average Bonchev–Trinajstić information content (AvgIpc) is 3.28. The Kier molecular flexibility index (Phi) is 4.65. The molecule has 3 heterocycles. The lowest BCUT2D eigenvalue weighted by atomic mass is 9.90. The third-order valence-electron chi connectivity index (χ3n) is 5.36. The minimum absolute atomic E-state index is 0.192. The monoisotopic (exact) mass is 413 g/mol. The number of pyridine rings is 1. The lowest BCUT2D eigenvalue weighted by molar-refractivity contribution is -0.0161.